The lowest BCUT2D eigenvalue weighted by Crippen LogP contribution is -2.30. The molecule has 2 rings (SSSR count). The maximum atomic E-state index is 12.5. The predicted octanol–water partition coefficient (Wildman–Crippen LogP) is 5.49. The van der Waals surface area contributed by atoms with E-state index in [9.17, 15) is 4.79 Å². The highest BCUT2D eigenvalue weighted by atomic mass is 35.5. The van der Waals surface area contributed by atoms with Crippen LogP contribution in [0.2, 0.25) is 5.02 Å². The molecule has 2 aromatic carbocycles. The molecular formula is C20H24ClNO2. The molecule has 0 aromatic heterocycles. The van der Waals surface area contributed by atoms with E-state index in [1.165, 1.54) is 0 Å². The van der Waals surface area contributed by atoms with Crippen molar-refractivity contribution in [1.29, 1.82) is 0 Å². The van der Waals surface area contributed by atoms with Crippen molar-refractivity contribution in [2.24, 2.45) is 0 Å². The van der Waals surface area contributed by atoms with Gasteiger partial charge in [-0.3, -0.25) is 4.79 Å². The van der Waals surface area contributed by atoms with E-state index < -0.39 is 6.10 Å². The fourth-order valence-electron chi connectivity index (χ4n) is 2.52. The summed E-state index contributed by atoms with van der Waals surface area (Å²) in [6.45, 7) is 9.87. The van der Waals surface area contributed by atoms with Gasteiger partial charge in [0.05, 0.1) is 0 Å². The largest absolute Gasteiger partial charge is 0.481 e. The summed E-state index contributed by atoms with van der Waals surface area (Å²) in [5.41, 5.74) is 3.96. The second kappa shape index (κ2) is 7.71. The van der Waals surface area contributed by atoms with Gasteiger partial charge >= 0.3 is 0 Å². The van der Waals surface area contributed by atoms with Crippen LogP contribution in [0.5, 0.6) is 5.75 Å². The molecule has 0 fully saturated rings. The third-order valence-corrected chi connectivity index (χ3v) is 4.41. The third kappa shape index (κ3) is 4.30. The molecule has 1 amide bonds. The van der Waals surface area contributed by atoms with Gasteiger partial charge < -0.3 is 10.1 Å². The van der Waals surface area contributed by atoms with Crippen LogP contribution in [0, 0.1) is 13.8 Å². The van der Waals surface area contributed by atoms with Crippen LogP contribution in [-0.2, 0) is 4.79 Å². The number of carbonyl (C=O) groups is 1. The summed E-state index contributed by atoms with van der Waals surface area (Å²) in [6, 6.07) is 11.4. The van der Waals surface area contributed by atoms with Crippen LogP contribution in [0.4, 0.5) is 5.69 Å². The number of nitrogens with one attached hydrogen (secondary N) is 1. The van der Waals surface area contributed by atoms with Crippen molar-refractivity contribution in [3.8, 4) is 5.75 Å². The highest BCUT2D eigenvalue weighted by Crippen LogP contribution is 2.28. The summed E-state index contributed by atoms with van der Waals surface area (Å²) in [5.74, 6) is 0.794. The SMILES string of the molecule is Cc1cc(O[C@@H](C)C(=O)Nc2c(C)cccc2C(C)C)ccc1Cl. The molecule has 4 heteroatoms. The molecule has 0 radical (unpaired) electrons. The lowest BCUT2D eigenvalue weighted by atomic mass is 9.98. The number of ether oxygens (including phenoxy) is 1. The predicted molar refractivity (Wildman–Crippen MR) is 100 cm³/mol. The highest BCUT2D eigenvalue weighted by molar-refractivity contribution is 6.31. The molecule has 0 aliphatic heterocycles. The number of hydrogen-bond donors (Lipinski definition) is 1. The first-order chi connectivity index (χ1) is 11.3. The lowest BCUT2D eigenvalue weighted by Gasteiger charge is -2.19. The number of para-hydroxylation sites is 1. The minimum Gasteiger partial charge on any atom is -0.481 e. The number of hydrogen-bond acceptors (Lipinski definition) is 2. The Balaban J connectivity index is 2.13. The molecule has 2 aromatic rings. The van der Waals surface area contributed by atoms with Gasteiger partial charge in [0, 0.05) is 10.7 Å². The lowest BCUT2D eigenvalue weighted by molar-refractivity contribution is -0.122. The smallest absolute Gasteiger partial charge is 0.265 e. The standard InChI is InChI=1S/C20H24ClNO2/c1-12(2)17-8-6-7-13(3)19(17)22-20(23)15(5)24-16-9-10-18(21)14(4)11-16/h6-12,15H,1-5H3,(H,22,23)/t15-/m0/s1. The molecule has 0 spiro atoms. The van der Waals surface area contributed by atoms with Gasteiger partial charge in [-0.1, -0.05) is 43.6 Å². The molecule has 1 N–H and O–H groups in total. The minimum absolute atomic E-state index is 0.168. The van der Waals surface area contributed by atoms with E-state index in [-0.39, 0.29) is 5.91 Å². The number of halogens is 1. The van der Waals surface area contributed by atoms with E-state index in [4.69, 9.17) is 16.3 Å². The van der Waals surface area contributed by atoms with Gasteiger partial charge in [-0.05, 0) is 61.6 Å². The summed E-state index contributed by atoms with van der Waals surface area (Å²) in [5, 5.41) is 3.70. The van der Waals surface area contributed by atoms with Crippen LogP contribution in [-0.4, -0.2) is 12.0 Å². The number of rotatable bonds is 5. The van der Waals surface area contributed by atoms with Gasteiger partial charge in [-0.25, -0.2) is 0 Å². The van der Waals surface area contributed by atoms with E-state index >= 15 is 0 Å². The molecule has 24 heavy (non-hydrogen) atoms. The second-order valence-corrected chi connectivity index (χ2v) is 6.76. The Labute approximate surface area is 149 Å². The monoisotopic (exact) mass is 345 g/mol. The van der Waals surface area contributed by atoms with Gasteiger partial charge in [0.2, 0.25) is 0 Å². The van der Waals surface area contributed by atoms with Crippen LogP contribution >= 0.6 is 11.6 Å². The van der Waals surface area contributed by atoms with Gasteiger partial charge in [0.15, 0.2) is 6.10 Å². The topological polar surface area (TPSA) is 38.3 Å². The van der Waals surface area contributed by atoms with E-state index in [2.05, 4.69) is 19.2 Å². The van der Waals surface area contributed by atoms with Crippen molar-refractivity contribution in [1.82, 2.24) is 0 Å². The van der Waals surface area contributed by atoms with Crippen molar-refractivity contribution in [2.45, 2.75) is 46.6 Å². The zero-order valence-electron chi connectivity index (χ0n) is 14.8. The molecular weight excluding hydrogens is 322 g/mol. The quantitative estimate of drug-likeness (QED) is 0.778. The van der Waals surface area contributed by atoms with Gasteiger partial charge in [-0.2, -0.15) is 0 Å². The molecule has 1 atom stereocenters. The van der Waals surface area contributed by atoms with Crippen molar-refractivity contribution in [3.05, 3.63) is 58.1 Å². The van der Waals surface area contributed by atoms with Crippen LogP contribution in [0.1, 0.15) is 43.4 Å². The molecule has 0 aliphatic carbocycles. The highest BCUT2D eigenvalue weighted by Gasteiger charge is 2.18. The first-order valence-corrected chi connectivity index (χ1v) is 8.50. The van der Waals surface area contributed by atoms with Gasteiger partial charge in [0.25, 0.3) is 5.91 Å². The number of amides is 1. The molecule has 0 saturated carbocycles. The summed E-state index contributed by atoms with van der Waals surface area (Å²) >= 11 is 6.02. The Morgan fingerprint density at radius 1 is 1.08 bits per heavy atom. The molecule has 0 saturated heterocycles. The van der Waals surface area contributed by atoms with E-state index in [1.807, 2.05) is 38.1 Å². The summed E-state index contributed by atoms with van der Waals surface area (Å²) in [6.07, 6.45) is -0.606. The van der Waals surface area contributed by atoms with Gasteiger partial charge in [0.1, 0.15) is 5.75 Å². The van der Waals surface area contributed by atoms with Crippen LogP contribution in [0.15, 0.2) is 36.4 Å². The Morgan fingerprint density at radius 2 is 1.79 bits per heavy atom. The summed E-state index contributed by atoms with van der Waals surface area (Å²) in [4.78, 5) is 12.5. The molecule has 128 valence electrons. The Morgan fingerprint density at radius 3 is 2.42 bits per heavy atom. The molecule has 0 unspecified atom stereocenters. The van der Waals surface area contributed by atoms with Crippen LogP contribution in [0.3, 0.4) is 0 Å². The first kappa shape index (κ1) is 18.3. The van der Waals surface area contributed by atoms with E-state index in [0.717, 1.165) is 22.4 Å². The number of aryl methyl sites for hydroxylation is 2. The normalized spacial score (nSPS) is 12.1. The zero-order chi connectivity index (χ0) is 17.9. The maximum absolute atomic E-state index is 12.5. The van der Waals surface area contributed by atoms with Crippen LogP contribution < -0.4 is 10.1 Å². The van der Waals surface area contributed by atoms with E-state index in [0.29, 0.717) is 16.7 Å². The van der Waals surface area contributed by atoms with Crippen LogP contribution in [0.25, 0.3) is 0 Å². The molecule has 3 nitrogen and oxygen atoms in total. The third-order valence-electron chi connectivity index (χ3n) is 3.99. The Bertz CT molecular complexity index is 740. The molecule has 0 aliphatic rings. The maximum Gasteiger partial charge on any atom is 0.265 e. The summed E-state index contributed by atoms with van der Waals surface area (Å²) < 4.78 is 5.75. The minimum atomic E-state index is -0.606. The second-order valence-electron chi connectivity index (χ2n) is 6.35. The van der Waals surface area contributed by atoms with Crippen molar-refractivity contribution < 1.29 is 9.53 Å². The molecule has 0 bridgehead atoms. The van der Waals surface area contributed by atoms with E-state index in [1.54, 1.807) is 19.1 Å². The van der Waals surface area contributed by atoms with Crippen molar-refractivity contribution in [2.75, 3.05) is 5.32 Å². The Hall–Kier alpha value is -2.00. The number of carbonyl (C=O) groups excluding carboxylic acids is 1. The van der Waals surface area contributed by atoms with Crippen molar-refractivity contribution in [3.63, 3.8) is 0 Å². The number of benzene rings is 2. The zero-order valence-corrected chi connectivity index (χ0v) is 15.6. The Kier molecular flexibility index (Phi) is 5.89. The average molecular weight is 346 g/mol. The van der Waals surface area contributed by atoms with Gasteiger partial charge in [-0.15, -0.1) is 0 Å². The van der Waals surface area contributed by atoms with Crippen molar-refractivity contribution >= 4 is 23.2 Å². The average Bonchev–Trinajstić information content (AvgIpc) is 2.52. The number of anilines is 1. The fourth-order valence-corrected chi connectivity index (χ4v) is 2.63. The summed E-state index contributed by atoms with van der Waals surface area (Å²) in [7, 11) is 0. The first-order valence-electron chi connectivity index (χ1n) is 8.12. The molecule has 0 heterocycles. The fraction of sp³-hybridized carbons (Fsp3) is 0.350.